The van der Waals surface area contributed by atoms with Crippen LogP contribution in [0.1, 0.15) is 65.3 Å². The van der Waals surface area contributed by atoms with Crippen LogP contribution < -0.4 is 0 Å². The number of aromatic amines is 1. The lowest BCUT2D eigenvalue weighted by Crippen LogP contribution is -2.40. The second-order valence-corrected chi connectivity index (χ2v) is 8.04. The van der Waals surface area contributed by atoms with Crippen molar-refractivity contribution in [1.82, 2.24) is 15.1 Å². The lowest BCUT2D eigenvalue weighted by Gasteiger charge is -2.36. The van der Waals surface area contributed by atoms with Crippen molar-refractivity contribution in [2.45, 2.75) is 51.1 Å². The molecular weight excluding hydrogens is 346 g/mol. The maximum Gasteiger partial charge on any atom is 0.273 e. The highest BCUT2D eigenvalue weighted by atomic mass is 16.2. The Balaban J connectivity index is 1.65. The van der Waals surface area contributed by atoms with E-state index in [2.05, 4.69) is 70.6 Å². The van der Waals surface area contributed by atoms with Crippen LogP contribution >= 0.6 is 0 Å². The van der Waals surface area contributed by atoms with Gasteiger partial charge in [-0.2, -0.15) is 5.10 Å². The molecule has 0 saturated heterocycles. The number of nitrogens with one attached hydrogen (secondary N) is 1. The van der Waals surface area contributed by atoms with E-state index in [4.69, 9.17) is 0 Å². The van der Waals surface area contributed by atoms with Crippen LogP contribution in [0.5, 0.6) is 0 Å². The summed E-state index contributed by atoms with van der Waals surface area (Å²) in [4.78, 5) is 15.6. The van der Waals surface area contributed by atoms with Crippen LogP contribution in [0.15, 0.2) is 54.6 Å². The number of rotatable bonds is 3. The number of aromatic nitrogens is 2. The number of fused-ring (bicyclic) bond motifs is 1. The summed E-state index contributed by atoms with van der Waals surface area (Å²) in [5.74, 6) is 0.0987. The Morgan fingerprint density at radius 2 is 1.68 bits per heavy atom. The first kappa shape index (κ1) is 17.2. The van der Waals surface area contributed by atoms with Crippen molar-refractivity contribution in [3.63, 3.8) is 0 Å². The van der Waals surface area contributed by atoms with Crippen LogP contribution in [0.4, 0.5) is 0 Å². The minimum Gasteiger partial charge on any atom is -0.323 e. The van der Waals surface area contributed by atoms with Gasteiger partial charge in [-0.15, -0.1) is 0 Å². The SMILES string of the molecule is Cc1ccc(-c2n[nH]c3c2C(c2ccccc2)N(C2CCCCC2)C3=O)cc1. The van der Waals surface area contributed by atoms with Crippen molar-refractivity contribution in [2.24, 2.45) is 0 Å². The lowest BCUT2D eigenvalue weighted by atomic mass is 9.91. The number of nitrogens with zero attached hydrogens (tertiary/aromatic N) is 2. The molecule has 2 aliphatic rings. The number of H-pyrrole nitrogens is 1. The third-order valence-corrected chi connectivity index (χ3v) is 6.21. The van der Waals surface area contributed by atoms with E-state index in [-0.39, 0.29) is 11.9 Å². The number of carbonyl (C=O) groups is 1. The average Bonchev–Trinajstić information content (AvgIpc) is 3.29. The monoisotopic (exact) mass is 371 g/mol. The molecule has 5 rings (SSSR count). The summed E-state index contributed by atoms with van der Waals surface area (Å²) in [5.41, 5.74) is 6.03. The predicted octanol–water partition coefficient (Wildman–Crippen LogP) is 5.26. The van der Waals surface area contributed by atoms with Gasteiger partial charge in [0, 0.05) is 17.2 Å². The van der Waals surface area contributed by atoms with E-state index in [1.54, 1.807) is 0 Å². The molecule has 1 aliphatic heterocycles. The molecule has 1 aromatic heterocycles. The lowest BCUT2D eigenvalue weighted by molar-refractivity contribution is 0.0606. The van der Waals surface area contributed by atoms with E-state index in [9.17, 15) is 4.79 Å². The summed E-state index contributed by atoms with van der Waals surface area (Å²) >= 11 is 0. The molecule has 2 heterocycles. The van der Waals surface area contributed by atoms with Crippen molar-refractivity contribution in [2.75, 3.05) is 0 Å². The van der Waals surface area contributed by atoms with Crippen LogP contribution in [0, 0.1) is 6.92 Å². The molecule has 1 fully saturated rings. The van der Waals surface area contributed by atoms with E-state index < -0.39 is 0 Å². The van der Waals surface area contributed by atoms with E-state index in [0.717, 1.165) is 35.2 Å². The number of hydrogen-bond donors (Lipinski definition) is 1. The minimum atomic E-state index is -0.0677. The standard InChI is InChI=1S/C24H25N3O/c1-16-12-14-17(15-13-16)21-20-22(26-25-21)24(28)27(19-10-6-3-7-11-19)23(20)18-8-4-2-5-9-18/h2,4-5,8-9,12-15,19,23H,3,6-7,10-11H2,1H3,(H,25,26). The first-order chi connectivity index (χ1) is 13.7. The summed E-state index contributed by atoms with van der Waals surface area (Å²) in [6.45, 7) is 2.08. The molecule has 1 unspecified atom stereocenters. The Morgan fingerprint density at radius 1 is 0.964 bits per heavy atom. The topological polar surface area (TPSA) is 49.0 Å². The molecule has 0 spiro atoms. The summed E-state index contributed by atoms with van der Waals surface area (Å²) in [6, 6.07) is 19.0. The molecule has 4 nitrogen and oxygen atoms in total. The zero-order valence-corrected chi connectivity index (χ0v) is 16.2. The Hall–Kier alpha value is -2.88. The van der Waals surface area contributed by atoms with Gasteiger partial charge in [0.2, 0.25) is 0 Å². The Kier molecular flexibility index (Phi) is 4.27. The summed E-state index contributed by atoms with van der Waals surface area (Å²) in [5, 5.41) is 7.65. The van der Waals surface area contributed by atoms with Gasteiger partial charge in [0.15, 0.2) is 0 Å². The van der Waals surface area contributed by atoms with Gasteiger partial charge in [-0.25, -0.2) is 0 Å². The molecule has 1 aliphatic carbocycles. The molecule has 4 heteroatoms. The Labute approximate surface area is 165 Å². The number of benzene rings is 2. The largest absolute Gasteiger partial charge is 0.323 e. The highest BCUT2D eigenvalue weighted by Gasteiger charge is 2.45. The Bertz CT molecular complexity index is 984. The zero-order chi connectivity index (χ0) is 19.1. The molecular formula is C24H25N3O. The third kappa shape index (κ3) is 2.75. The Morgan fingerprint density at radius 3 is 2.39 bits per heavy atom. The molecule has 0 radical (unpaired) electrons. The van der Waals surface area contributed by atoms with E-state index >= 15 is 0 Å². The van der Waals surface area contributed by atoms with Crippen molar-refractivity contribution >= 4 is 5.91 Å². The molecule has 2 aromatic carbocycles. The molecule has 142 valence electrons. The first-order valence-corrected chi connectivity index (χ1v) is 10.3. The van der Waals surface area contributed by atoms with Crippen LogP contribution in [0.2, 0.25) is 0 Å². The molecule has 1 saturated carbocycles. The number of aryl methyl sites for hydroxylation is 1. The van der Waals surface area contributed by atoms with Crippen molar-refractivity contribution in [1.29, 1.82) is 0 Å². The fourth-order valence-electron chi connectivity index (χ4n) is 4.80. The smallest absolute Gasteiger partial charge is 0.273 e. The molecule has 0 bridgehead atoms. The predicted molar refractivity (Wildman–Crippen MR) is 110 cm³/mol. The van der Waals surface area contributed by atoms with Gasteiger partial charge in [0.05, 0.1) is 11.7 Å². The maximum atomic E-state index is 13.4. The van der Waals surface area contributed by atoms with Gasteiger partial charge >= 0.3 is 0 Å². The molecule has 1 N–H and O–H groups in total. The van der Waals surface area contributed by atoms with Crippen LogP contribution in [-0.4, -0.2) is 27.0 Å². The van der Waals surface area contributed by atoms with Gasteiger partial charge in [-0.1, -0.05) is 79.4 Å². The van der Waals surface area contributed by atoms with Gasteiger partial charge < -0.3 is 4.90 Å². The van der Waals surface area contributed by atoms with Crippen molar-refractivity contribution in [3.05, 3.63) is 77.0 Å². The van der Waals surface area contributed by atoms with Gasteiger partial charge in [-0.3, -0.25) is 9.89 Å². The second kappa shape index (κ2) is 6.93. The highest BCUT2D eigenvalue weighted by molar-refractivity contribution is 6.00. The van der Waals surface area contributed by atoms with Gasteiger partial charge in [0.1, 0.15) is 5.69 Å². The zero-order valence-electron chi connectivity index (χ0n) is 16.2. The summed E-state index contributed by atoms with van der Waals surface area (Å²) in [6.07, 6.45) is 5.86. The van der Waals surface area contributed by atoms with Crippen LogP contribution in [0.25, 0.3) is 11.3 Å². The number of carbonyl (C=O) groups excluding carboxylic acids is 1. The van der Waals surface area contributed by atoms with Crippen LogP contribution in [0.3, 0.4) is 0 Å². The van der Waals surface area contributed by atoms with Gasteiger partial charge in [-0.05, 0) is 25.3 Å². The molecule has 1 atom stereocenters. The second-order valence-electron chi connectivity index (χ2n) is 8.04. The quantitative estimate of drug-likeness (QED) is 0.682. The number of hydrogen-bond acceptors (Lipinski definition) is 2. The van der Waals surface area contributed by atoms with Crippen molar-refractivity contribution in [3.8, 4) is 11.3 Å². The van der Waals surface area contributed by atoms with E-state index in [0.29, 0.717) is 11.7 Å². The summed E-state index contributed by atoms with van der Waals surface area (Å²) in [7, 11) is 0. The first-order valence-electron chi connectivity index (χ1n) is 10.3. The summed E-state index contributed by atoms with van der Waals surface area (Å²) < 4.78 is 0. The minimum absolute atomic E-state index is 0.0677. The van der Waals surface area contributed by atoms with E-state index in [1.807, 2.05) is 6.07 Å². The van der Waals surface area contributed by atoms with E-state index in [1.165, 1.54) is 24.8 Å². The van der Waals surface area contributed by atoms with Crippen molar-refractivity contribution < 1.29 is 4.79 Å². The molecule has 1 amide bonds. The maximum absolute atomic E-state index is 13.4. The molecule has 3 aromatic rings. The third-order valence-electron chi connectivity index (χ3n) is 6.21. The average molecular weight is 371 g/mol. The highest BCUT2D eigenvalue weighted by Crippen LogP contribution is 2.45. The van der Waals surface area contributed by atoms with Crippen LogP contribution in [-0.2, 0) is 0 Å². The number of amides is 1. The molecule has 28 heavy (non-hydrogen) atoms. The van der Waals surface area contributed by atoms with Gasteiger partial charge in [0.25, 0.3) is 5.91 Å². The fourth-order valence-corrected chi connectivity index (χ4v) is 4.80. The fraction of sp³-hybridized carbons (Fsp3) is 0.333. The normalized spacial score (nSPS) is 19.8.